The van der Waals surface area contributed by atoms with Crippen LogP contribution in [0.4, 0.5) is 13.2 Å². The Morgan fingerprint density at radius 1 is 0.911 bits per heavy atom. The summed E-state index contributed by atoms with van der Waals surface area (Å²) < 4.78 is 68.0. The van der Waals surface area contributed by atoms with Crippen molar-refractivity contribution in [2.45, 2.75) is 11.1 Å². The highest BCUT2D eigenvalue weighted by atomic mass is 32.2. The molecule has 45 heavy (non-hydrogen) atoms. The number of nitrogens with zero attached hydrogens (tertiary/aromatic N) is 5. The molecule has 6 aromatic rings. The van der Waals surface area contributed by atoms with Crippen LogP contribution in [0, 0.1) is 0 Å². The van der Waals surface area contributed by atoms with E-state index >= 15 is 0 Å². The van der Waals surface area contributed by atoms with E-state index in [-0.39, 0.29) is 4.90 Å². The number of para-hydroxylation sites is 1. The van der Waals surface area contributed by atoms with Gasteiger partial charge in [-0.25, -0.2) is 18.2 Å². The van der Waals surface area contributed by atoms with Crippen LogP contribution in [0.15, 0.2) is 90.0 Å². The maximum Gasteiger partial charge on any atom is 0.490 e. The number of hydrogen-bond acceptors (Lipinski definition) is 10. The number of carbonyl (C=O) groups is 1. The van der Waals surface area contributed by atoms with Crippen molar-refractivity contribution in [3.05, 3.63) is 85.1 Å². The zero-order valence-electron chi connectivity index (χ0n) is 22.8. The molecule has 0 radical (unpaired) electrons. The van der Waals surface area contributed by atoms with Gasteiger partial charge in [0, 0.05) is 24.6 Å². The van der Waals surface area contributed by atoms with E-state index in [1.165, 1.54) is 12.1 Å². The quantitative estimate of drug-likeness (QED) is 0.202. The number of tetrazole rings is 1. The van der Waals surface area contributed by atoms with Crippen LogP contribution in [0.1, 0.15) is 0 Å². The van der Waals surface area contributed by atoms with Crippen molar-refractivity contribution in [2.75, 3.05) is 6.26 Å². The highest BCUT2D eigenvalue weighted by Crippen LogP contribution is 2.40. The van der Waals surface area contributed by atoms with Gasteiger partial charge in [0.05, 0.1) is 21.5 Å². The molecule has 0 unspecified atom stereocenters. The van der Waals surface area contributed by atoms with Gasteiger partial charge in [-0.05, 0) is 53.7 Å². The van der Waals surface area contributed by atoms with Gasteiger partial charge in [0.2, 0.25) is 5.82 Å². The average Bonchev–Trinajstić information content (AvgIpc) is 3.68. The number of H-pyrrole nitrogens is 2. The van der Waals surface area contributed by atoms with E-state index in [2.05, 4.69) is 35.6 Å². The lowest BCUT2D eigenvalue weighted by Gasteiger charge is -2.14. The van der Waals surface area contributed by atoms with E-state index in [9.17, 15) is 21.6 Å². The second-order valence-electron chi connectivity index (χ2n) is 9.10. The molecule has 0 spiro atoms. The predicted molar refractivity (Wildman–Crippen MR) is 152 cm³/mol. The number of pyridine rings is 1. The average molecular weight is 640 g/mol. The number of ether oxygens (including phenoxy) is 2. The Bertz CT molecular complexity index is 2050. The van der Waals surface area contributed by atoms with Gasteiger partial charge in [-0.2, -0.15) is 18.4 Å². The van der Waals surface area contributed by atoms with Crippen LogP contribution in [0.25, 0.3) is 33.9 Å². The number of aromatic amines is 2. The smallest absolute Gasteiger partial charge is 0.475 e. The van der Waals surface area contributed by atoms with Crippen molar-refractivity contribution >= 4 is 26.8 Å². The first-order valence-corrected chi connectivity index (χ1v) is 14.5. The molecule has 0 aliphatic rings. The molecule has 0 atom stereocenters. The summed E-state index contributed by atoms with van der Waals surface area (Å²) in [6, 6.07) is 22.5. The first kappa shape index (κ1) is 30.6. The van der Waals surface area contributed by atoms with Gasteiger partial charge >= 0.3 is 12.1 Å². The third kappa shape index (κ3) is 7.39. The fourth-order valence-electron chi connectivity index (χ4n) is 3.82. The molecule has 0 fully saturated rings. The lowest BCUT2D eigenvalue weighted by Crippen LogP contribution is -2.21. The standard InChI is InChI=1S/C26H19N7O4S.C2HF3O2/c1-38(34,35)17-11-9-16(10-12-17)36-23-14-20-21(29-26(28-20)19-7-4-5-13-27-19)15-24(23)37-22-8-3-2-6-18(22)25-30-32-33-31-25;3-2(4,5)1(6)7/h2-15H,1H3,(H,28,29)(H,30,31,32,33);(H,6,7). The van der Waals surface area contributed by atoms with Crippen molar-refractivity contribution in [1.29, 1.82) is 0 Å². The highest BCUT2D eigenvalue weighted by molar-refractivity contribution is 7.90. The number of hydrogen-bond donors (Lipinski definition) is 3. The number of imidazole rings is 1. The van der Waals surface area contributed by atoms with Crippen LogP contribution in [0.2, 0.25) is 0 Å². The molecule has 3 heterocycles. The highest BCUT2D eigenvalue weighted by Gasteiger charge is 2.38. The number of alkyl halides is 3. The Labute approximate surface area is 251 Å². The van der Waals surface area contributed by atoms with Crippen molar-refractivity contribution < 1.29 is 41.0 Å². The number of sulfone groups is 1. The van der Waals surface area contributed by atoms with E-state index in [0.29, 0.717) is 56.9 Å². The number of carboxylic acid groups (broad SMARTS) is 1. The Hall–Kier alpha value is -5.84. The summed E-state index contributed by atoms with van der Waals surface area (Å²) in [5, 5.41) is 21.3. The lowest BCUT2D eigenvalue weighted by atomic mass is 10.2. The molecule has 3 aromatic carbocycles. The molecule has 0 saturated heterocycles. The summed E-state index contributed by atoms with van der Waals surface area (Å²) in [7, 11) is -3.34. The van der Waals surface area contributed by atoms with Crippen LogP contribution in [-0.4, -0.2) is 67.5 Å². The minimum Gasteiger partial charge on any atom is -0.475 e. The van der Waals surface area contributed by atoms with Gasteiger partial charge in [0.25, 0.3) is 0 Å². The third-order valence-electron chi connectivity index (χ3n) is 5.87. The number of rotatable bonds is 7. The van der Waals surface area contributed by atoms with E-state index in [4.69, 9.17) is 19.4 Å². The first-order chi connectivity index (χ1) is 21.4. The van der Waals surface area contributed by atoms with E-state index < -0.39 is 22.0 Å². The van der Waals surface area contributed by atoms with Crippen LogP contribution < -0.4 is 9.47 Å². The number of nitrogens with one attached hydrogen (secondary N) is 2. The lowest BCUT2D eigenvalue weighted by molar-refractivity contribution is -0.192. The van der Waals surface area contributed by atoms with Crippen LogP contribution in [-0.2, 0) is 14.6 Å². The molecule has 6 rings (SSSR count). The molecule has 3 N–H and O–H groups in total. The molecule has 0 saturated carbocycles. The molecule has 13 nitrogen and oxygen atoms in total. The Kier molecular flexibility index (Phi) is 8.44. The first-order valence-electron chi connectivity index (χ1n) is 12.6. The predicted octanol–water partition coefficient (Wildman–Crippen LogP) is 5.43. The Morgan fingerprint density at radius 3 is 2.22 bits per heavy atom. The fourth-order valence-corrected chi connectivity index (χ4v) is 4.45. The molecular weight excluding hydrogens is 619 g/mol. The Balaban J connectivity index is 0.000000515. The monoisotopic (exact) mass is 639 g/mol. The number of aliphatic carboxylic acids is 1. The van der Waals surface area contributed by atoms with E-state index in [1.807, 2.05) is 36.4 Å². The van der Waals surface area contributed by atoms with E-state index in [1.54, 1.807) is 36.5 Å². The minimum atomic E-state index is -5.08. The van der Waals surface area contributed by atoms with Crippen molar-refractivity contribution in [2.24, 2.45) is 0 Å². The molecule has 3 aromatic heterocycles. The number of benzene rings is 3. The van der Waals surface area contributed by atoms with Crippen molar-refractivity contribution in [3.63, 3.8) is 0 Å². The summed E-state index contributed by atoms with van der Waals surface area (Å²) in [5.41, 5.74) is 2.65. The summed E-state index contributed by atoms with van der Waals surface area (Å²) in [4.78, 5) is 21.4. The topological polar surface area (TPSA) is 186 Å². The molecule has 0 aliphatic carbocycles. The third-order valence-corrected chi connectivity index (χ3v) is 7.00. The zero-order chi connectivity index (χ0) is 32.2. The number of fused-ring (bicyclic) bond motifs is 1. The maximum atomic E-state index is 11.9. The summed E-state index contributed by atoms with van der Waals surface area (Å²) >= 11 is 0. The van der Waals surface area contributed by atoms with Crippen LogP contribution in [0.3, 0.4) is 0 Å². The Morgan fingerprint density at radius 2 is 1.60 bits per heavy atom. The van der Waals surface area contributed by atoms with E-state index in [0.717, 1.165) is 6.26 Å². The van der Waals surface area contributed by atoms with Crippen LogP contribution in [0.5, 0.6) is 23.0 Å². The van der Waals surface area contributed by atoms with Crippen molar-refractivity contribution in [3.8, 4) is 45.9 Å². The summed E-state index contributed by atoms with van der Waals surface area (Å²) in [6.45, 7) is 0. The van der Waals surface area contributed by atoms with Gasteiger partial charge < -0.3 is 19.6 Å². The minimum absolute atomic E-state index is 0.193. The maximum absolute atomic E-state index is 11.9. The summed E-state index contributed by atoms with van der Waals surface area (Å²) in [5.74, 6) is -0.132. The molecule has 0 aliphatic heterocycles. The normalized spacial score (nSPS) is 11.5. The second kappa shape index (κ2) is 12.4. The second-order valence-corrected chi connectivity index (χ2v) is 11.1. The molecule has 0 bridgehead atoms. The molecule has 0 amide bonds. The number of halogens is 3. The van der Waals surface area contributed by atoms with Gasteiger partial charge in [0.1, 0.15) is 17.2 Å². The zero-order valence-corrected chi connectivity index (χ0v) is 23.7. The molecule has 17 heteroatoms. The SMILES string of the molecule is CS(=O)(=O)c1ccc(Oc2cc3nc(-c4ccccn4)[nH]c3cc2Oc2ccccc2-c2nn[nH]n2)cc1.O=C(O)C(F)(F)F. The number of carboxylic acids is 1. The summed E-state index contributed by atoms with van der Waals surface area (Å²) in [6.07, 6.45) is -2.23. The van der Waals surface area contributed by atoms with Gasteiger partial charge in [-0.1, -0.05) is 18.2 Å². The van der Waals surface area contributed by atoms with Gasteiger partial charge in [0.15, 0.2) is 27.2 Å². The molecule has 230 valence electrons. The van der Waals surface area contributed by atoms with Gasteiger partial charge in [-0.3, -0.25) is 4.98 Å². The van der Waals surface area contributed by atoms with Crippen molar-refractivity contribution in [1.82, 2.24) is 35.6 Å². The fraction of sp³-hybridized carbons (Fsp3) is 0.0714. The number of aromatic nitrogens is 7. The van der Waals surface area contributed by atoms with Gasteiger partial charge in [-0.15, -0.1) is 10.2 Å². The van der Waals surface area contributed by atoms with Crippen LogP contribution >= 0.6 is 0 Å². The molecular formula is C28H20F3N7O6S. The largest absolute Gasteiger partial charge is 0.490 e.